The Morgan fingerprint density at radius 2 is 1.72 bits per heavy atom. The molecule has 1 aromatic carbocycles. The van der Waals surface area contributed by atoms with Crippen molar-refractivity contribution in [3.8, 4) is 0 Å². The van der Waals surface area contributed by atoms with Crippen LogP contribution in [0.4, 0.5) is 0 Å². The van der Waals surface area contributed by atoms with Gasteiger partial charge in [0.25, 0.3) is 0 Å². The first-order valence-corrected chi connectivity index (χ1v) is 7.44. The largest absolute Gasteiger partial charge is 0.317 e. The summed E-state index contributed by atoms with van der Waals surface area (Å²) in [6.07, 6.45) is 8.22. The van der Waals surface area contributed by atoms with Gasteiger partial charge in [-0.3, -0.25) is 0 Å². The molecule has 0 amide bonds. The molecule has 0 radical (unpaired) electrons. The van der Waals surface area contributed by atoms with Gasteiger partial charge in [0.2, 0.25) is 0 Å². The van der Waals surface area contributed by atoms with Crippen molar-refractivity contribution in [3.05, 3.63) is 34.9 Å². The van der Waals surface area contributed by atoms with Gasteiger partial charge in [-0.15, -0.1) is 0 Å². The number of benzene rings is 1. The Hall–Kier alpha value is -0.820. The molecule has 1 N–H and O–H groups in total. The van der Waals surface area contributed by atoms with Crippen molar-refractivity contribution in [2.24, 2.45) is 5.92 Å². The summed E-state index contributed by atoms with van der Waals surface area (Å²) in [5.41, 5.74) is 4.52. The highest BCUT2D eigenvalue weighted by Gasteiger charge is 2.23. The van der Waals surface area contributed by atoms with E-state index in [0.717, 1.165) is 5.92 Å². The molecule has 1 aromatic rings. The summed E-state index contributed by atoms with van der Waals surface area (Å²) in [7, 11) is 2.13. The molecule has 2 rings (SSSR count). The number of nitrogens with one attached hydrogen (secondary N) is 1. The third kappa shape index (κ3) is 3.14. The SMILES string of the molecule is CNC1CCCCCC1Cc1c(C)cccc1C. The summed E-state index contributed by atoms with van der Waals surface area (Å²) >= 11 is 0. The van der Waals surface area contributed by atoms with E-state index in [9.17, 15) is 0 Å². The average molecular weight is 245 g/mol. The molecule has 1 heteroatoms. The molecule has 1 nitrogen and oxygen atoms in total. The normalized spacial score (nSPS) is 24.8. The zero-order valence-corrected chi connectivity index (χ0v) is 12.1. The van der Waals surface area contributed by atoms with E-state index in [0.29, 0.717) is 6.04 Å². The predicted octanol–water partition coefficient (Wildman–Crippen LogP) is 4.01. The lowest BCUT2D eigenvalue weighted by atomic mass is 9.85. The van der Waals surface area contributed by atoms with Gasteiger partial charge in [-0.25, -0.2) is 0 Å². The fourth-order valence-electron chi connectivity index (χ4n) is 3.44. The van der Waals surface area contributed by atoms with Crippen LogP contribution in [0.15, 0.2) is 18.2 Å². The number of rotatable bonds is 3. The predicted molar refractivity (Wildman–Crippen MR) is 79.0 cm³/mol. The topological polar surface area (TPSA) is 12.0 Å². The van der Waals surface area contributed by atoms with Crippen LogP contribution >= 0.6 is 0 Å². The van der Waals surface area contributed by atoms with E-state index in [-0.39, 0.29) is 0 Å². The summed E-state index contributed by atoms with van der Waals surface area (Å²) in [5.74, 6) is 0.817. The van der Waals surface area contributed by atoms with E-state index >= 15 is 0 Å². The van der Waals surface area contributed by atoms with E-state index < -0.39 is 0 Å². The lowest BCUT2D eigenvalue weighted by Crippen LogP contribution is -2.34. The molecule has 0 bridgehead atoms. The summed E-state index contributed by atoms with van der Waals surface area (Å²) in [4.78, 5) is 0. The molecule has 100 valence electrons. The monoisotopic (exact) mass is 245 g/mol. The van der Waals surface area contributed by atoms with Gasteiger partial charge in [-0.1, -0.05) is 37.5 Å². The first kappa shape index (κ1) is 13.6. The van der Waals surface area contributed by atoms with Crippen molar-refractivity contribution in [1.82, 2.24) is 5.32 Å². The summed E-state index contributed by atoms with van der Waals surface area (Å²) in [6, 6.07) is 7.41. The Balaban J connectivity index is 2.15. The van der Waals surface area contributed by atoms with Crippen LogP contribution in [0.3, 0.4) is 0 Å². The summed E-state index contributed by atoms with van der Waals surface area (Å²) in [5, 5.41) is 3.55. The molecule has 0 heterocycles. The lowest BCUT2D eigenvalue weighted by Gasteiger charge is -2.26. The number of hydrogen-bond acceptors (Lipinski definition) is 1. The quantitative estimate of drug-likeness (QED) is 0.793. The molecule has 2 unspecified atom stereocenters. The van der Waals surface area contributed by atoms with Crippen molar-refractivity contribution in [2.45, 2.75) is 58.4 Å². The Morgan fingerprint density at radius 3 is 2.39 bits per heavy atom. The first-order chi connectivity index (χ1) is 8.72. The molecule has 2 atom stereocenters. The van der Waals surface area contributed by atoms with E-state index in [2.05, 4.69) is 44.4 Å². The van der Waals surface area contributed by atoms with Crippen LogP contribution in [0.1, 0.15) is 48.8 Å². The molecule has 1 aliphatic rings. The van der Waals surface area contributed by atoms with Crippen LogP contribution < -0.4 is 5.32 Å². The van der Waals surface area contributed by atoms with Crippen LogP contribution in [-0.4, -0.2) is 13.1 Å². The Labute approximate surface area is 112 Å². The van der Waals surface area contributed by atoms with E-state index in [4.69, 9.17) is 0 Å². The molecule has 0 spiro atoms. The minimum Gasteiger partial charge on any atom is -0.317 e. The second-order valence-corrected chi connectivity index (χ2v) is 5.87. The van der Waals surface area contributed by atoms with Gasteiger partial charge < -0.3 is 5.32 Å². The number of aryl methyl sites for hydroxylation is 2. The van der Waals surface area contributed by atoms with Crippen molar-refractivity contribution in [3.63, 3.8) is 0 Å². The first-order valence-electron chi connectivity index (χ1n) is 7.44. The Bertz CT molecular complexity index is 363. The van der Waals surface area contributed by atoms with Crippen molar-refractivity contribution in [1.29, 1.82) is 0 Å². The van der Waals surface area contributed by atoms with Crippen LogP contribution in [0.2, 0.25) is 0 Å². The van der Waals surface area contributed by atoms with Gasteiger partial charge in [0.15, 0.2) is 0 Å². The molecule has 1 fully saturated rings. The maximum Gasteiger partial charge on any atom is 0.00955 e. The minimum atomic E-state index is 0.714. The third-order valence-corrected chi connectivity index (χ3v) is 4.64. The summed E-state index contributed by atoms with van der Waals surface area (Å²) < 4.78 is 0. The molecule has 0 aliphatic heterocycles. The molecule has 18 heavy (non-hydrogen) atoms. The van der Waals surface area contributed by atoms with Gasteiger partial charge >= 0.3 is 0 Å². The molecule has 0 aromatic heterocycles. The Morgan fingerprint density at radius 1 is 1.06 bits per heavy atom. The third-order valence-electron chi connectivity index (χ3n) is 4.64. The molecule has 0 saturated heterocycles. The van der Waals surface area contributed by atoms with Gasteiger partial charge in [0.05, 0.1) is 0 Å². The van der Waals surface area contributed by atoms with Crippen molar-refractivity contribution < 1.29 is 0 Å². The van der Waals surface area contributed by atoms with E-state index in [1.807, 2.05) is 0 Å². The smallest absolute Gasteiger partial charge is 0.00955 e. The van der Waals surface area contributed by atoms with Crippen LogP contribution in [0.25, 0.3) is 0 Å². The van der Waals surface area contributed by atoms with Gasteiger partial charge in [0.1, 0.15) is 0 Å². The van der Waals surface area contributed by atoms with Gasteiger partial charge in [0, 0.05) is 6.04 Å². The van der Waals surface area contributed by atoms with E-state index in [1.165, 1.54) is 49.7 Å². The van der Waals surface area contributed by atoms with Crippen molar-refractivity contribution >= 4 is 0 Å². The molecular weight excluding hydrogens is 218 g/mol. The maximum atomic E-state index is 3.55. The molecule has 1 aliphatic carbocycles. The zero-order chi connectivity index (χ0) is 13.0. The minimum absolute atomic E-state index is 0.714. The van der Waals surface area contributed by atoms with Crippen LogP contribution in [0.5, 0.6) is 0 Å². The second kappa shape index (κ2) is 6.38. The van der Waals surface area contributed by atoms with Gasteiger partial charge in [-0.2, -0.15) is 0 Å². The second-order valence-electron chi connectivity index (χ2n) is 5.87. The maximum absolute atomic E-state index is 3.55. The highest BCUT2D eigenvalue weighted by atomic mass is 14.9. The summed E-state index contributed by atoms with van der Waals surface area (Å²) in [6.45, 7) is 4.51. The highest BCUT2D eigenvalue weighted by molar-refractivity contribution is 5.34. The molecule has 1 saturated carbocycles. The van der Waals surface area contributed by atoms with Crippen LogP contribution in [0, 0.1) is 19.8 Å². The number of hydrogen-bond donors (Lipinski definition) is 1. The lowest BCUT2D eigenvalue weighted by molar-refractivity contribution is 0.349. The van der Waals surface area contributed by atoms with Gasteiger partial charge in [-0.05, 0) is 62.8 Å². The highest BCUT2D eigenvalue weighted by Crippen LogP contribution is 2.28. The van der Waals surface area contributed by atoms with E-state index in [1.54, 1.807) is 5.56 Å². The van der Waals surface area contributed by atoms with Crippen molar-refractivity contribution in [2.75, 3.05) is 7.05 Å². The average Bonchev–Trinajstić information content (AvgIpc) is 2.59. The molecular formula is C17H27N. The fraction of sp³-hybridized carbons (Fsp3) is 0.647. The zero-order valence-electron chi connectivity index (χ0n) is 12.1. The fourth-order valence-corrected chi connectivity index (χ4v) is 3.44. The van der Waals surface area contributed by atoms with Crippen LogP contribution in [-0.2, 0) is 6.42 Å². The Kier molecular flexibility index (Phi) is 4.82. The standard InChI is InChI=1S/C17H27N/c1-13-8-7-9-14(2)16(13)12-15-10-5-4-6-11-17(15)18-3/h7-9,15,17-18H,4-6,10-12H2,1-3H3.